The number of carbonyl (C=O) groups excluding carboxylic acids is 2. The van der Waals surface area contributed by atoms with E-state index < -0.39 is 35.5 Å². The second-order valence-electron chi connectivity index (χ2n) is 11.6. The number of ether oxygens (including phenoxy) is 3. The van der Waals surface area contributed by atoms with Crippen molar-refractivity contribution in [1.29, 1.82) is 0 Å². The Labute approximate surface area is 231 Å². The molecule has 9 heteroatoms. The number of carbonyl (C=O) groups is 2. The van der Waals surface area contributed by atoms with E-state index in [-0.39, 0.29) is 31.1 Å². The Kier molecular flexibility index (Phi) is 9.51. The maximum atomic E-state index is 13.5. The Morgan fingerprint density at radius 1 is 1.18 bits per heavy atom. The van der Waals surface area contributed by atoms with Gasteiger partial charge in [-0.05, 0) is 49.3 Å². The SMILES string of the molecule is COc1cc2cc(c1C)N(C)C(=O)C[C@H](C)C(C)(C)C(O)CC1C[C@@](O)(NC(=O)O1)[C@H](OC)/C=C/C=C(\C)C2. The smallest absolute Gasteiger partial charge is 0.409 e. The third kappa shape index (κ3) is 6.83. The van der Waals surface area contributed by atoms with Gasteiger partial charge in [0.15, 0.2) is 5.72 Å². The third-order valence-electron chi connectivity index (χ3n) is 8.45. The predicted molar refractivity (Wildman–Crippen MR) is 150 cm³/mol. The molecule has 2 aliphatic rings. The zero-order valence-corrected chi connectivity index (χ0v) is 24.4. The molecule has 2 aliphatic heterocycles. The highest BCUT2D eigenvalue weighted by atomic mass is 16.6. The summed E-state index contributed by atoms with van der Waals surface area (Å²) in [4.78, 5) is 27.5. The van der Waals surface area contributed by atoms with Crippen molar-refractivity contribution in [1.82, 2.24) is 5.32 Å². The Balaban J connectivity index is 2.07. The van der Waals surface area contributed by atoms with Gasteiger partial charge < -0.3 is 29.3 Å². The Bertz CT molecular complexity index is 1130. The quantitative estimate of drug-likeness (QED) is 0.515. The summed E-state index contributed by atoms with van der Waals surface area (Å²) in [6, 6.07) is 3.98. The van der Waals surface area contributed by atoms with Crippen molar-refractivity contribution < 1.29 is 34.0 Å². The van der Waals surface area contributed by atoms with Gasteiger partial charge in [0, 0.05) is 39.0 Å². The van der Waals surface area contributed by atoms with Crippen molar-refractivity contribution >= 4 is 17.7 Å². The molecule has 4 bridgehead atoms. The van der Waals surface area contributed by atoms with Gasteiger partial charge in [0.25, 0.3) is 0 Å². The number of fused-ring (bicyclic) bond motifs is 4. The molecule has 0 spiro atoms. The Hall–Kier alpha value is -2.88. The molecule has 216 valence electrons. The first-order valence-corrected chi connectivity index (χ1v) is 13.4. The summed E-state index contributed by atoms with van der Waals surface area (Å²) in [5.74, 6) is 0.416. The van der Waals surface area contributed by atoms with Crippen molar-refractivity contribution in [2.24, 2.45) is 11.3 Å². The predicted octanol–water partition coefficient (Wildman–Crippen LogP) is 4.03. The fraction of sp³-hybridized carbons (Fsp3) is 0.600. The first-order chi connectivity index (χ1) is 18.2. The molecular formula is C30H44N2O7. The number of rotatable bonds is 2. The minimum Gasteiger partial charge on any atom is -0.496 e. The largest absolute Gasteiger partial charge is 0.496 e. The van der Waals surface area contributed by atoms with Crippen molar-refractivity contribution in [3.8, 4) is 5.75 Å². The van der Waals surface area contributed by atoms with Crippen molar-refractivity contribution in [2.45, 2.75) is 84.3 Å². The van der Waals surface area contributed by atoms with Gasteiger partial charge in [0.2, 0.25) is 5.91 Å². The molecule has 9 nitrogen and oxygen atoms in total. The molecule has 3 N–H and O–H groups in total. The van der Waals surface area contributed by atoms with Gasteiger partial charge in [-0.2, -0.15) is 0 Å². The summed E-state index contributed by atoms with van der Waals surface area (Å²) >= 11 is 0. The molecule has 1 aromatic carbocycles. The van der Waals surface area contributed by atoms with E-state index in [1.54, 1.807) is 31.2 Å². The lowest BCUT2D eigenvalue weighted by Gasteiger charge is -2.43. The van der Waals surface area contributed by atoms with E-state index in [9.17, 15) is 19.8 Å². The lowest BCUT2D eigenvalue weighted by atomic mass is 9.71. The van der Waals surface area contributed by atoms with Gasteiger partial charge in [-0.15, -0.1) is 0 Å². The van der Waals surface area contributed by atoms with Crippen LogP contribution in [0.3, 0.4) is 0 Å². The normalized spacial score (nSPS) is 32.5. The number of methoxy groups -OCH3 is 2. The molecule has 1 aromatic rings. The monoisotopic (exact) mass is 544 g/mol. The molecule has 0 saturated carbocycles. The number of hydrogen-bond acceptors (Lipinski definition) is 7. The van der Waals surface area contributed by atoms with Crippen molar-refractivity contribution in [3.05, 3.63) is 47.1 Å². The van der Waals surface area contributed by atoms with Crippen molar-refractivity contribution in [2.75, 3.05) is 26.2 Å². The van der Waals surface area contributed by atoms with Gasteiger partial charge >= 0.3 is 6.09 Å². The molecule has 0 radical (unpaired) electrons. The number of benzene rings is 1. The number of hydrogen-bond donors (Lipinski definition) is 3. The van der Waals surface area contributed by atoms with Crippen molar-refractivity contribution in [3.63, 3.8) is 0 Å². The fourth-order valence-corrected chi connectivity index (χ4v) is 5.32. The van der Waals surface area contributed by atoms with Crippen LogP contribution in [0, 0.1) is 18.3 Å². The first-order valence-electron chi connectivity index (χ1n) is 13.4. The van der Waals surface area contributed by atoms with Gasteiger partial charge in [-0.3, -0.25) is 10.1 Å². The molecule has 0 aliphatic carbocycles. The summed E-state index contributed by atoms with van der Waals surface area (Å²) in [6.45, 7) is 9.66. The third-order valence-corrected chi connectivity index (χ3v) is 8.45. The van der Waals surface area contributed by atoms with E-state index >= 15 is 0 Å². The second kappa shape index (κ2) is 12.1. The summed E-state index contributed by atoms with van der Waals surface area (Å²) in [6.07, 6.45) is 3.07. The van der Waals surface area contributed by atoms with Crippen LogP contribution in [0.15, 0.2) is 35.9 Å². The van der Waals surface area contributed by atoms with Gasteiger partial charge in [0.1, 0.15) is 18.0 Å². The van der Waals surface area contributed by atoms with E-state index in [1.165, 1.54) is 7.11 Å². The minimum absolute atomic E-state index is 0.0262. The van der Waals surface area contributed by atoms with Crippen LogP contribution in [0.5, 0.6) is 5.75 Å². The first kappa shape index (κ1) is 30.7. The van der Waals surface area contributed by atoms with Gasteiger partial charge in [-0.1, -0.05) is 44.6 Å². The average molecular weight is 545 g/mol. The summed E-state index contributed by atoms with van der Waals surface area (Å²) in [5, 5.41) is 25.1. The molecule has 1 saturated heterocycles. The highest BCUT2D eigenvalue weighted by Gasteiger charge is 2.47. The topological polar surface area (TPSA) is 118 Å². The maximum Gasteiger partial charge on any atom is 0.409 e. The molecule has 1 fully saturated rings. The average Bonchev–Trinajstić information content (AvgIpc) is 2.85. The lowest BCUT2D eigenvalue weighted by molar-refractivity contribution is -0.143. The number of amides is 2. The van der Waals surface area contributed by atoms with Crippen LogP contribution in [0.1, 0.15) is 58.1 Å². The summed E-state index contributed by atoms with van der Waals surface area (Å²) in [7, 11) is 4.84. The maximum absolute atomic E-state index is 13.5. The van der Waals surface area contributed by atoms with Crippen LogP contribution in [-0.2, 0) is 20.7 Å². The van der Waals surface area contributed by atoms with Crippen LogP contribution in [0.25, 0.3) is 0 Å². The number of nitrogens with zero attached hydrogens (tertiary/aromatic N) is 1. The van der Waals surface area contributed by atoms with Crippen LogP contribution in [-0.4, -0.2) is 67.5 Å². The van der Waals surface area contributed by atoms with Crippen LogP contribution in [0.4, 0.5) is 10.5 Å². The van der Waals surface area contributed by atoms with E-state index in [0.29, 0.717) is 12.2 Å². The highest BCUT2D eigenvalue weighted by Crippen LogP contribution is 2.38. The molecular weight excluding hydrogens is 500 g/mol. The van der Waals surface area contributed by atoms with E-state index in [2.05, 4.69) is 5.32 Å². The lowest BCUT2D eigenvalue weighted by Crippen LogP contribution is -2.63. The number of allylic oxidation sites excluding steroid dienone is 3. The molecule has 3 rings (SSSR count). The fourth-order valence-electron chi connectivity index (χ4n) is 5.32. The van der Waals surface area contributed by atoms with E-state index in [0.717, 1.165) is 22.4 Å². The van der Waals surface area contributed by atoms with Crippen LogP contribution < -0.4 is 15.0 Å². The molecule has 5 atom stereocenters. The van der Waals surface area contributed by atoms with E-state index in [4.69, 9.17) is 14.2 Å². The number of aliphatic hydroxyl groups is 2. The minimum atomic E-state index is -1.72. The molecule has 2 heterocycles. The molecule has 2 amide bonds. The summed E-state index contributed by atoms with van der Waals surface area (Å²) in [5.41, 5.74) is 1.25. The van der Waals surface area contributed by atoms with Gasteiger partial charge in [0.05, 0.1) is 18.9 Å². The van der Waals surface area contributed by atoms with Gasteiger partial charge in [-0.25, -0.2) is 4.79 Å². The number of anilines is 1. The zero-order valence-electron chi connectivity index (χ0n) is 24.4. The molecule has 0 aromatic heterocycles. The zero-order chi connectivity index (χ0) is 29.1. The number of nitrogens with one attached hydrogen (secondary N) is 1. The van der Waals surface area contributed by atoms with E-state index in [1.807, 2.05) is 52.8 Å². The number of aliphatic hydroxyl groups excluding tert-OH is 1. The standard InChI is InChI=1S/C30H44N2O7/c1-18-10-9-11-26(38-8)30(36)17-22(39-28(35)31-30)16-25(33)29(4,5)19(2)13-27(34)32(6)23-14-21(12-18)15-24(37-7)20(23)3/h9-11,14-15,19,22,25-26,33,36H,12-13,16-17H2,1-8H3,(H,31,35)/b11-9+,18-10+/t19-,22?,25?,26+,30-/m0/s1. The molecule has 2 unspecified atom stereocenters. The summed E-state index contributed by atoms with van der Waals surface area (Å²) < 4.78 is 16.6. The van der Waals surface area contributed by atoms with Crippen LogP contribution >= 0.6 is 0 Å². The highest BCUT2D eigenvalue weighted by molar-refractivity contribution is 5.94. The Morgan fingerprint density at radius 3 is 2.51 bits per heavy atom. The Morgan fingerprint density at radius 2 is 1.87 bits per heavy atom. The molecule has 39 heavy (non-hydrogen) atoms. The second-order valence-corrected chi connectivity index (χ2v) is 11.6. The number of alkyl carbamates (subject to hydrolysis) is 1. The van der Waals surface area contributed by atoms with Crippen LogP contribution in [0.2, 0.25) is 0 Å².